The normalized spacial score (nSPS) is 11.2. The Balaban J connectivity index is 2.12. The van der Waals surface area contributed by atoms with Crippen LogP contribution in [0.3, 0.4) is 0 Å². The quantitative estimate of drug-likeness (QED) is 0.357. The highest BCUT2D eigenvalue weighted by atomic mass is 19.4. The van der Waals surface area contributed by atoms with Crippen LogP contribution >= 0.6 is 0 Å². The zero-order valence-corrected chi connectivity index (χ0v) is 12.1. The first-order valence-corrected chi connectivity index (χ1v) is 6.34. The number of esters is 1. The number of carbonyl (C=O) groups is 1. The van der Waals surface area contributed by atoms with E-state index in [9.17, 15) is 28.1 Å². The van der Waals surface area contributed by atoms with E-state index < -0.39 is 35.0 Å². The first-order chi connectivity index (χ1) is 11.2. The zero-order chi connectivity index (χ0) is 17.9. The number of aromatic nitrogens is 2. The Morgan fingerprint density at radius 1 is 1.38 bits per heavy atom. The van der Waals surface area contributed by atoms with Crippen LogP contribution < -0.4 is 9.47 Å². The molecular formula is C13H10F3N3O5. The van der Waals surface area contributed by atoms with Crippen LogP contribution in [0, 0.1) is 10.1 Å². The molecule has 1 aromatic carbocycles. The Morgan fingerprint density at radius 3 is 2.62 bits per heavy atom. The fourth-order valence-electron chi connectivity index (χ4n) is 1.74. The van der Waals surface area contributed by atoms with Crippen molar-refractivity contribution >= 4 is 11.7 Å². The summed E-state index contributed by atoms with van der Waals surface area (Å²) in [6.07, 6.45) is -3.68. The molecule has 0 fully saturated rings. The summed E-state index contributed by atoms with van der Waals surface area (Å²) >= 11 is 0. The highest BCUT2D eigenvalue weighted by molar-refractivity contribution is 5.73. The van der Waals surface area contributed by atoms with Crippen molar-refractivity contribution in [3.05, 3.63) is 46.3 Å². The van der Waals surface area contributed by atoms with Gasteiger partial charge in [-0.3, -0.25) is 14.8 Å². The molecule has 0 unspecified atom stereocenters. The monoisotopic (exact) mass is 345 g/mol. The molecule has 0 aliphatic rings. The lowest BCUT2D eigenvalue weighted by molar-refractivity contribution is -0.385. The number of nitro benzene ring substituents is 1. The van der Waals surface area contributed by atoms with Crippen LogP contribution in [-0.4, -0.2) is 27.8 Å². The van der Waals surface area contributed by atoms with E-state index in [2.05, 4.69) is 5.10 Å². The molecule has 0 amide bonds. The van der Waals surface area contributed by atoms with E-state index in [0.717, 1.165) is 23.0 Å². The number of nitro groups is 1. The highest BCUT2D eigenvalue weighted by Gasteiger charge is 2.33. The van der Waals surface area contributed by atoms with E-state index in [-0.39, 0.29) is 11.5 Å². The van der Waals surface area contributed by atoms with Crippen LogP contribution in [0.25, 0.3) is 0 Å². The molecule has 1 aromatic heterocycles. The third kappa shape index (κ3) is 4.00. The Labute approximate surface area is 132 Å². The van der Waals surface area contributed by atoms with Gasteiger partial charge in [0.1, 0.15) is 12.3 Å². The van der Waals surface area contributed by atoms with Crippen molar-refractivity contribution in [1.29, 1.82) is 0 Å². The predicted molar refractivity (Wildman–Crippen MR) is 72.5 cm³/mol. The van der Waals surface area contributed by atoms with Crippen molar-refractivity contribution in [1.82, 2.24) is 9.78 Å². The van der Waals surface area contributed by atoms with Crippen LogP contribution in [0.15, 0.2) is 30.5 Å². The van der Waals surface area contributed by atoms with E-state index in [1.807, 2.05) is 0 Å². The molecule has 11 heteroatoms. The molecule has 0 spiro atoms. The standard InChI is InChI=1S/C13H10F3N3O5/c1-23-8-2-3-10(9(6-8)19(21)22)24-12(20)7-18-5-4-11(17-18)13(14,15)16/h2-6H,7H2,1H3. The maximum Gasteiger partial charge on any atom is 0.435 e. The average Bonchev–Trinajstić information content (AvgIpc) is 2.95. The Hall–Kier alpha value is -3.11. The SMILES string of the molecule is COc1ccc(OC(=O)Cn2ccc(C(F)(F)F)n2)c([N+](=O)[O-])c1. The van der Waals surface area contributed by atoms with Crippen molar-refractivity contribution in [2.45, 2.75) is 12.7 Å². The van der Waals surface area contributed by atoms with Gasteiger partial charge in [0.25, 0.3) is 0 Å². The second kappa shape index (κ2) is 6.56. The molecular weight excluding hydrogens is 335 g/mol. The molecule has 0 aliphatic heterocycles. The number of hydrogen-bond acceptors (Lipinski definition) is 6. The minimum atomic E-state index is -4.63. The largest absolute Gasteiger partial charge is 0.496 e. The molecule has 0 aliphatic carbocycles. The van der Waals surface area contributed by atoms with Crippen LogP contribution in [-0.2, 0) is 17.5 Å². The molecule has 8 nitrogen and oxygen atoms in total. The zero-order valence-electron chi connectivity index (χ0n) is 12.1. The third-order valence-corrected chi connectivity index (χ3v) is 2.81. The maximum atomic E-state index is 12.4. The van der Waals surface area contributed by atoms with E-state index in [4.69, 9.17) is 9.47 Å². The van der Waals surface area contributed by atoms with Gasteiger partial charge in [0.05, 0.1) is 18.1 Å². The lowest BCUT2D eigenvalue weighted by atomic mass is 10.3. The number of benzene rings is 1. The number of nitrogens with zero attached hydrogens (tertiary/aromatic N) is 3. The lowest BCUT2D eigenvalue weighted by Crippen LogP contribution is -2.18. The molecule has 0 N–H and O–H groups in total. The second-order valence-electron chi connectivity index (χ2n) is 4.46. The summed E-state index contributed by atoms with van der Waals surface area (Å²) in [7, 11) is 1.31. The van der Waals surface area contributed by atoms with Gasteiger partial charge in [0, 0.05) is 6.20 Å². The molecule has 0 radical (unpaired) electrons. The van der Waals surface area contributed by atoms with Gasteiger partial charge in [-0.15, -0.1) is 0 Å². The first kappa shape index (κ1) is 17.2. The van der Waals surface area contributed by atoms with Crippen molar-refractivity contribution in [2.24, 2.45) is 0 Å². The topological polar surface area (TPSA) is 96.5 Å². The van der Waals surface area contributed by atoms with Crippen LogP contribution in [0.5, 0.6) is 11.5 Å². The Kier molecular flexibility index (Phi) is 4.71. The first-order valence-electron chi connectivity index (χ1n) is 6.34. The molecule has 128 valence electrons. The van der Waals surface area contributed by atoms with Gasteiger partial charge in [-0.25, -0.2) is 4.79 Å². The Bertz CT molecular complexity index is 772. The van der Waals surface area contributed by atoms with Crippen molar-refractivity contribution < 1.29 is 32.4 Å². The minimum absolute atomic E-state index is 0.184. The van der Waals surface area contributed by atoms with Gasteiger partial charge >= 0.3 is 17.8 Å². The summed E-state index contributed by atoms with van der Waals surface area (Å²) in [5.74, 6) is -1.18. The number of rotatable bonds is 5. The molecule has 24 heavy (non-hydrogen) atoms. The minimum Gasteiger partial charge on any atom is -0.496 e. The molecule has 2 rings (SSSR count). The van der Waals surface area contributed by atoms with Crippen LogP contribution in [0.2, 0.25) is 0 Å². The van der Waals surface area contributed by atoms with E-state index in [0.29, 0.717) is 6.07 Å². The smallest absolute Gasteiger partial charge is 0.435 e. The van der Waals surface area contributed by atoms with Crippen molar-refractivity contribution in [3.63, 3.8) is 0 Å². The third-order valence-electron chi connectivity index (χ3n) is 2.81. The van der Waals surface area contributed by atoms with Crippen LogP contribution in [0.1, 0.15) is 5.69 Å². The summed E-state index contributed by atoms with van der Waals surface area (Å²) in [5, 5.41) is 14.1. The fraction of sp³-hybridized carbons (Fsp3) is 0.231. The molecule has 0 bridgehead atoms. The van der Waals surface area contributed by atoms with E-state index in [1.54, 1.807) is 0 Å². The summed E-state index contributed by atoms with van der Waals surface area (Å²) in [4.78, 5) is 21.9. The van der Waals surface area contributed by atoms with E-state index in [1.165, 1.54) is 13.2 Å². The number of ether oxygens (including phenoxy) is 2. The second-order valence-corrected chi connectivity index (χ2v) is 4.46. The van der Waals surface area contributed by atoms with Gasteiger partial charge in [0.2, 0.25) is 5.75 Å². The molecule has 2 aromatic rings. The van der Waals surface area contributed by atoms with Gasteiger partial charge in [-0.05, 0) is 18.2 Å². The maximum absolute atomic E-state index is 12.4. The van der Waals surface area contributed by atoms with Gasteiger partial charge in [-0.2, -0.15) is 18.3 Å². The van der Waals surface area contributed by atoms with Crippen molar-refractivity contribution in [3.8, 4) is 11.5 Å². The summed E-state index contributed by atoms with van der Waals surface area (Å²) in [5.41, 5.74) is -1.68. The highest BCUT2D eigenvalue weighted by Crippen LogP contribution is 2.31. The number of alkyl halides is 3. The molecule has 0 saturated heterocycles. The predicted octanol–water partition coefficient (Wildman–Crippen LogP) is 2.42. The van der Waals surface area contributed by atoms with Crippen LogP contribution in [0.4, 0.5) is 18.9 Å². The average molecular weight is 345 g/mol. The molecule has 0 saturated carbocycles. The van der Waals surface area contributed by atoms with E-state index >= 15 is 0 Å². The summed E-state index contributed by atoms with van der Waals surface area (Å²) < 4.78 is 47.6. The van der Waals surface area contributed by atoms with Gasteiger partial charge in [-0.1, -0.05) is 0 Å². The molecule has 0 atom stereocenters. The number of halogens is 3. The van der Waals surface area contributed by atoms with Gasteiger partial charge in [0.15, 0.2) is 5.69 Å². The number of carbonyl (C=O) groups excluding carboxylic acids is 1. The summed E-state index contributed by atoms with van der Waals surface area (Å²) in [6.45, 7) is -0.640. The van der Waals surface area contributed by atoms with Crippen molar-refractivity contribution in [2.75, 3.05) is 7.11 Å². The number of hydrogen-bond donors (Lipinski definition) is 0. The molecule has 1 heterocycles. The lowest BCUT2D eigenvalue weighted by Gasteiger charge is -2.07. The van der Waals surface area contributed by atoms with Gasteiger partial charge < -0.3 is 9.47 Å². The number of methoxy groups -OCH3 is 1. The summed E-state index contributed by atoms with van der Waals surface area (Å²) in [6, 6.07) is 4.24. The Morgan fingerprint density at radius 2 is 2.08 bits per heavy atom. The fourth-order valence-corrected chi connectivity index (χ4v) is 1.74.